The third kappa shape index (κ3) is 4.97. The first-order valence-corrected chi connectivity index (χ1v) is 13.6. The zero-order chi connectivity index (χ0) is 25.4. The number of nitrogens with one attached hydrogen (secondary N) is 2. The summed E-state index contributed by atoms with van der Waals surface area (Å²) in [4.78, 5) is 24.2. The van der Waals surface area contributed by atoms with Crippen LogP contribution in [0.5, 0.6) is 0 Å². The Hall–Kier alpha value is -3.55. The van der Waals surface area contributed by atoms with Crippen LogP contribution in [0.25, 0.3) is 0 Å². The van der Waals surface area contributed by atoms with Gasteiger partial charge in [-0.1, -0.05) is 28.1 Å². The molecule has 2 N–H and O–H groups in total. The van der Waals surface area contributed by atoms with Gasteiger partial charge in [0.2, 0.25) is 5.91 Å². The Morgan fingerprint density at radius 3 is 2.20 bits per heavy atom. The summed E-state index contributed by atoms with van der Waals surface area (Å²) in [5.41, 5.74) is 2.91. The highest BCUT2D eigenvalue weighted by Gasteiger charge is 2.36. The summed E-state index contributed by atoms with van der Waals surface area (Å²) < 4.78 is 56.7. The van der Waals surface area contributed by atoms with Gasteiger partial charge in [0.05, 0.1) is 4.90 Å². The van der Waals surface area contributed by atoms with Gasteiger partial charge >= 0.3 is 0 Å². The lowest BCUT2D eigenvalue weighted by Gasteiger charge is -2.24. The van der Waals surface area contributed by atoms with Gasteiger partial charge in [-0.25, -0.2) is 0 Å². The average Bonchev–Trinajstić information content (AvgIpc) is 3.07. The lowest BCUT2D eigenvalue weighted by Crippen LogP contribution is -2.49. The first-order valence-electron chi connectivity index (χ1n) is 9.93. The molecule has 3 aromatic rings. The minimum absolute atomic E-state index is 0.0221. The summed E-state index contributed by atoms with van der Waals surface area (Å²) >= 11 is 3.26. The SMILES string of the molecule is CC(=O)Nc1ccc(S(=O)(=O)N(NC2=NS(=O)(=O)c3ccccc32)C(=O)c2ccc(Br)cc2)cc1. The summed E-state index contributed by atoms with van der Waals surface area (Å²) in [5, 5.41) is 2.53. The molecule has 10 nitrogen and oxygen atoms in total. The largest absolute Gasteiger partial charge is 0.326 e. The van der Waals surface area contributed by atoms with Crippen molar-refractivity contribution in [3.63, 3.8) is 0 Å². The molecule has 2 amide bonds. The lowest BCUT2D eigenvalue weighted by atomic mass is 10.2. The van der Waals surface area contributed by atoms with Crippen LogP contribution < -0.4 is 10.7 Å². The molecular formula is C22H17BrN4O6S2. The highest BCUT2D eigenvalue weighted by Crippen LogP contribution is 2.27. The molecule has 0 spiro atoms. The number of amides is 2. The van der Waals surface area contributed by atoms with Crippen LogP contribution in [0, 0.1) is 0 Å². The minimum atomic E-state index is -4.56. The van der Waals surface area contributed by atoms with Crippen molar-refractivity contribution < 1.29 is 26.4 Å². The van der Waals surface area contributed by atoms with Gasteiger partial charge < -0.3 is 5.32 Å². The van der Waals surface area contributed by atoms with Crippen LogP contribution in [0.3, 0.4) is 0 Å². The Bertz CT molecular complexity index is 1570. The Balaban J connectivity index is 1.78. The predicted molar refractivity (Wildman–Crippen MR) is 132 cm³/mol. The van der Waals surface area contributed by atoms with Gasteiger partial charge in [0.25, 0.3) is 26.0 Å². The van der Waals surface area contributed by atoms with Crippen molar-refractivity contribution in [1.29, 1.82) is 0 Å². The zero-order valence-electron chi connectivity index (χ0n) is 18.0. The quantitative estimate of drug-likeness (QED) is 0.454. The van der Waals surface area contributed by atoms with Crippen LogP contribution in [0.1, 0.15) is 22.8 Å². The van der Waals surface area contributed by atoms with Gasteiger partial charge in [0, 0.05) is 28.2 Å². The summed E-state index contributed by atoms with van der Waals surface area (Å²) in [6.07, 6.45) is 0. The first-order chi connectivity index (χ1) is 16.5. The highest BCUT2D eigenvalue weighted by molar-refractivity contribution is 9.10. The van der Waals surface area contributed by atoms with Crippen LogP contribution in [-0.4, -0.2) is 38.9 Å². The van der Waals surface area contributed by atoms with Crippen molar-refractivity contribution in [3.05, 3.63) is 88.4 Å². The summed E-state index contributed by atoms with van der Waals surface area (Å²) in [6, 6.07) is 17.0. The zero-order valence-corrected chi connectivity index (χ0v) is 21.2. The van der Waals surface area contributed by atoms with E-state index in [0.29, 0.717) is 14.6 Å². The molecule has 1 heterocycles. The molecule has 1 aliphatic heterocycles. The van der Waals surface area contributed by atoms with E-state index in [0.717, 1.165) is 0 Å². The van der Waals surface area contributed by atoms with E-state index >= 15 is 0 Å². The molecule has 0 atom stereocenters. The fourth-order valence-electron chi connectivity index (χ4n) is 3.23. The second kappa shape index (κ2) is 9.24. The Morgan fingerprint density at radius 1 is 0.943 bits per heavy atom. The molecule has 1 aliphatic rings. The predicted octanol–water partition coefficient (Wildman–Crippen LogP) is 2.89. The number of anilines is 1. The maximum atomic E-state index is 13.6. The number of fused-ring (bicyclic) bond motifs is 1. The summed E-state index contributed by atoms with van der Waals surface area (Å²) in [7, 11) is -8.64. The third-order valence-electron chi connectivity index (χ3n) is 4.83. The van der Waals surface area contributed by atoms with E-state index < -0.39 is 26.0 Å². The van der Waals surface area contributed by atoms with Crippen molar-refractivity contribution in [2.45, 2.75) is 16.7 Å². The Morgan fingerprint density at radius 2 is 1.57 bits per heavy atom. The highest BCUT2D eigenvalue weighted by atomic mass is 79.9. The molecule has 35 heavy (non-hydrogen) atoms. The second-order valence-corrected chi connectivity index (χ2v) is 11.6. The number of hydrogen-bond acceptors (Lipinski definition) is 7. The molecule has 0 aromatic heterocycles. The molecule has 4 rings (SSSR count). The fourth-order valence-corrected chi connectivity index (χ4v) is 5.89. The van der Waals surface area contributed by atoms with Crippen LogP contribution in [0.15, 0.2) is 91.5 Å². The molecule has 0 radical (unpaired) electrons. The number of sulfonamides is 2. The molecule has 0 aliphatic carbocycles. The first kappa shape index (κ1) is 24.6. The van der Waals surface area contributed by atoms with E-state index in [-0.39, 0.29) is 32.7 Å². The molecule has 0 saturated heterocycles. The van der Waals surface area contributed by atoms with Crippen LogP contribution in [0.2, 0.25) is 0 Å². The molecule has 0 unspecified atom stereocenters. The number of carbonyl (C=O) groups is 2. The fraction of sp³-hybridized carbons (Fsp3) is 0.0455. The number of hydrazine groups is 1. The van der Waals surface area contributed by atoms with Crippen LogP contribution in [0.4, 0.5) is 5.69 Å². The number of halogens is 1. The van der Waals surface area contributed by atoms with Crippen molar-refractivity contribution in [2.75, 3.05) is 5.32 Å². The smallest absolute Gasteiger partial charge is 0.286 e. The number of carbonyl (C=O) groups excluding carboxylic acids is 2. The summed E-state index contributed by atoms with van der Waals surface area (Å²) in [5.74, 6) is -1.62. The standard InChI is InChI=1S/C22H17BrN4O6S2/c1-14(28)24-17-10-12-18(13-11-17)35(32,33)27(22(29)15-6-8-16(23)9-7-15)25-21-19-4-2-3-5-20(19)34(30,31)26-21/h2-13H,1H3,(H,24,28)(H,25,26). The normalized spacial score (nSPS) is 13.9. The van der Waals surface area contributed by atoms with E-state index in [1.807, 2.05) is 0 Å². The minimum Gasteiger partial charge on any atom is -0.326 e. The van der Waals surface area contributed by atoms with Gasteiger partial charge in [0.15, 0.2) is 5.84 Å². The number of rotatable bonds is 4. The number of nitrogens with zero attached hydrogens (tertiary/aromatic N) is 2. The van der Waals surface area contributed by atoms with E-state index in [2.05, 4.69) is 31.1 Å². The molecule has 0 fully saturated rings. The number of hydrogen-bond donors (Lipinski definition) is 2. The van der Waals surface area contributed by atoms with E-state index in [1.54, 1.807) is 18.2 Å². The van der Waals surface area contributed by atoms with E-state index in [1.165, 1.54) is 61.5 Å². The van der Waals surface area contributed by atoms with Crippen molar-refractivity contribution in [1.82, 2.24) is 9.84 Å². The second-order valence-electron chi connectivity index (χ2n) is 7.31. The number of amidine groups is 1. The van der Waals surface area contributed by atoms with Crippen molar-refractivity contribution in [3.8, 4) is 0 Å². The van der Waals surface area contributed by atoms with Crippen molar-refractivity contribution >= 4 is 59.3 Å². The Kier molecular flexibility index (Phi) is 6.49. The molecule has 180 valence electrons. The maximum absolute atomic E-state index is 13.6. The third-order valence-corrected chi connectivity index (χ3v) is 8.30. The molecule has 0 saturated carbocycles. The summed E-state index contributed by atoms with van der Waals surface area (Å²) in [6.45, 7) is 1.31. The molecule has 3 aromatic carbocycles. The monoisotopic (exact) mass is 576 g/mol. The molecule has 13 heteroatoms. The number of benzene rings is 3. The van der Waals surface area contributed by atoms with Crippen LogP contribution >= 0.6 is 15.9 Å². The van der Waals surface area contributed by atoms with Gasteiger partial charge in [0.1, 0.15) is 4.90 Å². The van der Waals surface area contributed by atoms with Gasteiger partial charge in [-0.2, -0.15) is 16.8 Å². The van der Waals surface area contributed by atoms with Crippen molar-refractivity contribution in [2.24, 2.45) is 4.40 Å². The lowest BCUT2D eigenvalue weighted by molar-refractivity contribution is -0.114. The maximum Gasteiger partial charge on any atom is 0.286 e. The molecule has 0 bridgehead atoms. The van der Waals surface area contributed by atoms with Crippen LogP contribution in [-0.2, 0) is 24.8 Å². The van der Waals surface area contributed by atoms with E-state index in [9.17, 15) is 26.4 Å². The Labute approximate surface area is 209 Å². The van der Waals surface area contributed by atoms with Gasteiger partial charge in [-0.15, -0.1) is 8.81 Å². The average molecular weight is 577 g/mol. The van der Waals surface area contributed by atoms with Gasteiger partial charge in [-0.05, 0) is 60.7 Å². The van der Waals surface area contributed by atoms with E-state index in [4.69, 9.17) is 0 Å². The topological polar surface area (TPSA) is 142 Å². The van der Waals surface area contributed by atoms with Gasteiger partial charge in [-0.3, -0.25) is 15.0 Å². The molecular weight excluding hydrogens is 560 g/mol.